The molecule has 0 aliphatic carbocycles. The van der Waals surface area contributed by atoms with Gasteiger partial charge in [-0.3, -0.25) is 29.1 Å². The molecule has 38 heavy (non-hydrogen) atoms. The van der Waals surface area contributed by atoms with Crippen molar-refractivity contribution >= 4 is 49.5 Å². The van der Waals surface area contributed by atoms with Crippen molar-refractivity contribution in [1.82, 2.24) is 10.0 Å². The van der Waals surface area contributed by atoms with Crippen LogP contribution in [-0.2, 0) is 30.2 Å². The van der Waals surface area contributed by atoms with Crippen LogP contribution in [0.4, 0.5) is 18.9 Å². The maximum atomic E-state index is 13.0. The van der Waals surface area contributed by atoms with Gasteiger partial charge in [-0.05, 0) is 30.7 Å². The number of amides is 1. The Morgan fingerprint density at radius 1 is 1.21 bits per heavy atom. The summed E-state index contributed by atoms with van der Waals surface area (Å²) < 4.78 is 61.0. The largest absolute Gasteiger partial charge is 0.490 e. The molecule has 0 aliphatic heterocycles. The molecule has 0 saturated carbocycles. The second kappa shape index (κ2) is 13.8. The molecule has 1 aromatic carbocycles. The highest BCUT2D eigenvalue weighted by atomic mass is 79.9. The topological polar surface area (TPSA) is 220 Å². The van der Waals surface area contributed by atoms with E-state index in [2.05, 4.69) is 26.1 Å². The van der Waals surface area contributed by atoms with Crippen LogP contribution in [0.5, 0.6) is 0 Å². The van der Waals surface area contributed by atoms with Crippen LogP contribution < -0.4 is 27.2 Å². The van der Waals surface area contributed by atoms with Crippen LogP contribution in [0.1, 0.15) is 23.7 Å². The van der Waals surface area contributed by atoms with Gasteiger partial charge in [0.25, 0.3) is 5.56 Å². The fraction of sp³-hybridized carbons (Fsp3) is 0.300. The standard InChI is InChI=1S/C18H23BrN6O5S.C2HF3O2/c1-11-6-7-14(24-31(28,29)10-12-4-2-3-5-13(12)19)17(27)25(11)15(16(20)26)8-9-30-23-18(21)22;3-2(4,5)1(6)7/h2-7,15,24H,8-10H2,1H3,(H2,20,26)(H4,21,22,23);(H,6,7). The summed E-state index contributed by atoms with van der Waals surface area (Å²) in [6, 6.07) is 8.55. The first-order chi connectivity index (χ1) is 17.5. The number of halogens is 4. The molecule has 1 atom stereocenters. The van der Waals surface area contributed by atoms with E-state index in [9.17, 15) is 31.2 Å². The number of carboxylic acids is 1. The third-order valence-corrected chi connectivity index (χ3v) is 6.44. The quantitative estimate of drug-likeness (QED) is 0.0965. The summed E-state index contributed by atoms with van der Waals surface area (Å²) in [5.41, 5.74) is 12.7. The van der Waals surface area contributed by atoms with Gasteiger partial charge in [0.2, 0.25) is 21.9 Å². The Morgan fingerprint density at radius 2 is 1.79 bits per heavy atom. The van der Waals surface area contributed by atoms with Crippen LogP contribution >= 0.6 is 15.9 Å². The summed E-state index contributed by atoms with van der Waals surface area (Å²) in [6.45, 7) is 1.50. The molecule has 2 rings (SSSR count). The van der Waals surface area contributed by atoms with Gasteiger partial charge in [-0.15, -0.1) is 0 Å². The van der Waals surface area contributed by atoms with Gasteiger partial charge in [0.15, 0.2) is 0 Å². The zero-order valence-corrected chi connectivity index (χ0v) is 22.0. The second-order valence-corrected chi connectivity index (χ2v) is 9.97. The summed E-state index contributed by atoms with van der Waals surface area (Å²) in [5, 5.41) is 14.2. The minimum atomic E-state index is -5.08. The second-order valence-electron chi connectivity index (χ2n) is 7.39. The van der Waals surface area contributed by atoms with E-state index in [-0.39, 0.29) is 24.5 Å². The summed E-state index contributed by atoms with van der Waals surface area (Å²) >= 11 is 3.30. The number of hydrogen-bond donors (Lipinski definition) is 6. The van der Waals surface area contributed by atoms with Gasteiger partial charge in [-0.25, -0.2) is 18.7 Å². The zero-order chi connectivity index (χ0) is 29.3. The molecule has 0 radical (unpaired) electrons. The number of sulfonamides is 1. The molecule has 8 N–H and O–H groups in total. The number of carbonyl (C=O) groups excluding carboxylic acids is 1. The molecule has 0 saturated heterocycles. The summed E-state index contributed by atoms with van der Waals surface area (Å²) in [4.78, 5) is 38.8. The van der Waals surface area contributed by atoms with Crippen molar-refractivity contribution < 1.29 is 41.1 Å². The monoisotopic (exact) mass is 628 g/mol. The number of nitrogens with two attached hydrogens (primary N) is 2. The summed E-state index contributed by atoms with van der Waals surface area (Å²) in [5.74, 6) is -4.34. The number of anilines is 1. The molecule has 13 nitrogen and oxygen atoms in total. The number of aromatic nitrogens is 1. The van der Waals surface area contributed by atoms with E-state index in [1.807, 2.05) is 0 Å². The number of hydrogen-bond acceptors (Lipinski definition) is 7. The Morgan fingerprint density at radius 3 is 2.29 bits per heavy atom. The van der Waals surface area contributed by atoms with Crippen molar-refractivity contribution in [3.8, 4) is 0 Å². The maximum Gasteiger partial charge on any atom is 0.490 e. The molecule has 2 aromatic rings. The number of pyridine rings is 1. The van der Waals surface area contributed by atoms with Crippen LogP contribution in [0.3, 0.4) is 0 Å². The Hall–Kier alpha value is -3.64. The van der Waals surface area contributed by atoms with Crippen LogP contribution in [0.15, 0.2) is 45.7 Å². The predicted molar refractivity (Wildman–Crippen MR) is 133 cm³/mol. The number of nitrogens with one attached hydrogen (secondary N) is 3. The number of primary amides is 1. The first-order valence-corrected chi connectivity index (χ1v) is 12.7. The van der Waals surface area contributed by atoms with E-state index in [4.69, 9.17) is 31.6 Å². The first kappa shape index (κ1) is 32.4. The molecule has 18 heteroatoms. The molecule has 0 fully saturated rings. The van der Waals surface area contributed by atoms with Gasteiger partial charge in [0.05, 0.1) is 12.4 Å². The molecule has 0 aliphatic rings. The van der Waals surface area contributed by atoms with Gasteiger partial charge < -0.3 is 16.6 Å². The minimum Gasteiger partial charge on any atom is -0.475 e. The number of benzene rings is 1. The fourth-order valence-electron chi connectivity index (χ4n) is 2.83. The molecule has 1 amide bonds. The van der Waals surface area contributed by atoms with Crippen molar-refractivity contribution in [1.29, 1.82) is 5.41 Å². The molecule has 1 unspecified atom stereocenters. The highest BCUT2D eigenvalue weighted by Gasteiger charge is 2.38. The van der Waals surface area contributed by atoms with Crippen molar-refractivity contribution in [2.45, 2.75) is 31.3 Å². The normalized spacial score (nSPS) is 12.0. The Bertz CT molecular complexity index is 1340. The van der Waals surface area contributed by atoms with E-state index in [0.29, 0.717) is 15.7 Å². The number of rotatable bonds is 10. The van der Waals surface area contributed by atoms with E-state index >= 15 is 0 Å². The van der Waals surface area contributed by atoms with Crippen molar-refractivity contribution in [3.05, 3.63) is 62.5 Å². The first-order valence-electron chi connectivity index (χ1n) is 10.2. The molecular weight excluding hydrogens is 605 g/mol. The maximum absolute atomic E-state index is 13.0. The molecule has 1 heterocycles. The Kier molecular flexibility index (Phi) is 11.7. The van der Waals surface area contributed by atoms with Crippen molar-refractivity contribution in [2.75, 3.05) is 11.3 Å². The number of aliphatic carboxylic acids is 1. The fourth-order valence-corrected chi connectivity index (χ4v) is 4.67. The lowest BCUT2D eigenvalue weighted by molar-refractivity contribution is -0.192. The number of guanidine groups is 1. The van der Waals surface area contributed by atoms with Gasteiger partial charge in [0, 0.05) is 16.6 Å². The number of nitrogens with zero attached hydrogens (tertiary/aromatic N) is 1. The van der Waals surface area contributed by atoms with E-state index < -0.39 is 45.6 Å². The highest BCUT2D eigenvalue weighted by molar-refractivity contribution is 9.10. The van der Waals surface area contributed by atoms with Gasteiger partial charge >= 0.3 is 12.1 Å². The predicted octanol–water partition coefficient (Wildman–Crippen LogP) is 1.33. The van der Waals surface area contributed by atoms with Crippen molar-refractivity contribution in [2.24, 2.45) is 11.5 Å². The van der Waals surface area contributed by atoms with Crippen LogP contribution in [0.25, 0.3) is 0 Å². The number of hydroxylamine groups is 1. The van der Waals surface area contributed by atoms with E-state index in [1.54, 1.807) is 31.2 Å². The van der Waals surface area contributed by atoms with Gasteiger partial charge in [0.1, 0.15) is 11.7 Å². The molecule has 210 valence electrons. The average molecular weight is 629 g/mol. The highest BCUT2D eigenvalue weighted by Crippen LogP contribution is 2.20. The number of aryl methyl sites for hydroxylation is 1. The average Bonchev–Trinajstić information content (AvgIpc) is 2.78. The van der Waals surface area contributed by atoms with E-state index in [1.165, 1.54) is 12.1 Å². The van der Waals surface area contributed by atoms with Gasteiger partial charge in [-0.2, -0.15) is 13.2 Å². The Labute approximate surface area is 222 Å². The minimum absolute atomic E-state index is 0.0104. The number of alkyl halides is 3. The summed E-state index contributed by atoms with van der Waals surface area (Å²) in [6.07, 6.45) is -5.09. The lowest BCUT2D eigenvalue weighted by Gasteiger charge is -2.20. The summed E-state index contributed by atoms with van der Waals surface area (Å²) in [7, 11) is -3.92. The Balaban J connectivity index is 0.000000905. The number of carboxylic acid groups (broad SMARTS) is 1. The SMILES string of the molecule is Cc1ccc(NS(=O)(=O)Cc2ccccc2Br)c(=O)n1C(CCONC(=N)N)C(N)=O.O=C(O)C(F)(F)F. The molecule has 0 spiro atoms. The van der Waals surface area contributed by atoms with Crippen molar-refractivity contribution in [3.63, 3.8) is 0 Å². The smallest absolute Gasteiger partial charge is 0.475 e. The molecule has 0 bridgehead atoms. The van der Waals surface area contributed by atoms with Crippen LogP contribution in [0.2, 0.25) is 0 Å². The zero-order valence-electron chi connectivity index (χ0n) is 19.6. The third-order valence-electron chi connectivity index (χ3n) is 4.45. The van der Waals surface area contributed by atoms with Crippen LogP contribution in [0, 0.1) is 12.3 Å². The lowest BCUT2D eigenvalue weighted by atomic mass is 10.1. The lowest BCUT2D eigenvalue weighted by Crippen LogP contribution is -2.38. The molecular formula is C20H24BrF3N6O7S. The van der Waals surface area contributed by atoms with E-state index in [0.717, 1.165) is 4.57 Å². The molecule has 1 aromatic heterocycles. The van der Waals surface area contributed by atoms with Crippen LogP contribution in [-0.4, -0.2) is 48.7 Å². The third kappa shape index (κ3) is 10.4. The number of carbonyl (C=O) groups is 2. The van der Waals surface area contributed by atoms with Gasteiger partial charge in [-0.1, -0.05) is 34.1 Å².